The third-order valence-corrected chi connectivity index (χ3v) is 3.34. The molecule has 1 aromatic rings. The summed E-state index contributed by atoms with van der Waals surface area (Å²) < 4.78 is 0. The van der Waals surface area contributed by atoms with Crippen LogP contribution < -0.4 is 10.6 Å². The zero-order valence-electron chi connectivity index (χ0n) is 10.9. The number of aromatic nitrogens is 1. The fourth-order valence-electron chi connectivity index (χ4n) is 2.10. The Balaban J connectivity index is 1.90. The van der Waals surface area contributed by atoms with Crippen LogP contribution in [0.4, 0.5) is 5.82 Å². The molecule has 98 valence electrons. The highest BCUT2D eigenvalue weighted by Crippen LogP contribution is 2.10. The summed E-state index contributed by atoms with van der Waals surface area (Å²) in [6.07, 6.45) is 3.64. The van der Waals surface area contributed by atoms with Gasteiger partial charge in [0.1, 0.15) is 5.82 Å². The minimum atomic E-state index is -0.0280. The first-order valence-electron chi connectivity index (χ1n) is 6.32. The molecule has 0 unspecified atom stereocenters. The molecule has 1 aliphatic rings. The monoisotopic (exact) mass is 248 g/mol. The van der Waals surface area contributed by atoms with Gasteiger partial charge in [0.05, 0.1) is 5.56 Å². The summed E-state index contributed by atoms with van der Waals surface area (Å²) in [7, 11) is 3.92. The lowest BCUT2D eigenvalue weighted by atomic mass is 10.1. The molecule has 2 rings (SSSR count). The first-order valence-corrected chi connectivity index (χ1v) is 6.32. The maximum atomic E-state index is 12.0. The van der Waals surface area contributed by atoms with E-state index in [0.29, 0.717) is 5.56 Å². The van der Waals surface area contributed by atoms with Crippen molar-refractivity contribution in [3.05, 3.63) is 23.9 Å². The highest BCUT2D eigenvalue weighted by molar-refractivity contribution is 5.94. The largest absolute Gasteiger partial charge is 0.373 e. The standard InChI is InChI=1S/C13H20N4O/c1-14-12-4-3-10(9-15-12)13(18)16-11-5-7-17(2)8-6-11/h3-4,9,11H,5-8H2,1-2H3,(H,14,15)(H,16,18). The van der Waals surface area contributed by atoms with Crippen molar-refractivity contribution in [3.8, 4) is 0 Å². The number of carbonyl (C=O) groups is 1. The van der Waals surface area contributed by atoms with Gasteiger partial charge < -0.3 is 15.5 Å². The fourth-order valence-corrected chi connectivity index (χ4v) is 2.10. The Morgan fingerprint density at radius 1 is 1.39 bits per heavy atom. The van der Waals surface area contributed by atoms with Gasteiger partial charge >= 0.3 is 0 Å². The molecule has 2 N–H and O–H groups in total. The maximum absolute atomic E-state index is 12.0. The minimum absolute atomic E-state index is 0.0280. The average molecular weight is 248 g/mol. The Hall–Kier alpha value is -1.62. The fraction of sp³-hybridized carbons (Fsp3) is 0.538. The normalized spacial score (nSPS) is 17.4. The molecule has 0 bridgehead atoms. The van der Waals surface area contributed by atoms with Crippen LogP contribution in [-0.2, 0) is 0 Å². The van der Waals surface area contributed by atoms with Gasteiger partial charge in [-0.2, -0.15) is 0 Å². The Morgan fingerprint density at radius 3 is 2.67 bits per heavy atom. The summed E-state index contributed by atoms with van der Waals surface area (Å²) in [4.78, 5) is 18.4. The molecule has 1 saturated heterocycles. The average Bonchev–Trinajstić information content (AvgIpc) is 2.41. The first-order chi connectivity index (χ1) is 8.69. The topological polar surface area (TPSA) is 57.3 Å². The number of carbonyl (C=O) groups excluding carboxylic acids is 1. The van der Waals surface area contributed by atoms with Crippen molar-refractivity contribution in [2.45, 2.75) is 18.9 Å². The van der Waals surface area contributed by atoms with Crippen molar-refractivity contribution in [2.24, 2.45) is 0 Å². The van der Waals surface area contributed by atoms with E-state index < -0.39 is 0 Å². The smallest absolute Gasteiger partial charge is 0.253 e. The molecule has 1 aliphatic heterocycles. The van der Waals surface area contributed by atoms with Crippen molar-refractivity contribution in [1.29, 1.82) is 0 Å². The molecule has 0 atom stereocenters. The Bertz CT molecular complexity index is 396. The van der Waals surface area contributed by atoms with Crippen LogP contribution in [-0.4, -0.2) is 49.0 Å². The summed E-state index contributed by atoms with van der Waals surface area (Å²) in [6.45, 7) is 2.09. The van der Waals surface area contributed by atoms with E-state index in [0.717, 1.165) is 31.7 Å². The van der Waals surface area contributed by atoms with Gasteiger partial charge in [0.25, 0.3) is 5.91 Å². The zero-order valence-corrected chi connectivity index (χ0v) is 10.9. The Kier molecular flexibility index (Phi) is 4.15. The van der Waals surface area contributed by atoms with E-state index in [9.17, 15) is 4.79 Å². The molecular weight excluding hydrogens is 228 g/mol. The molecule has 5 nitrogen and oxygen atoms in total. The van der Waals surface area contributed by atoms with Crippen LogP contribution in [0.2, 0.25) is 0 Å². The number of pyridine rings is 1. The molecule has 1 aromatic heterocycles. The molecule has 5 heteroatoms. The van der Waals surface area contributed by atoms with Gasteiger partial charge in [0.15, 0.2) is 0 Å². The van der Waals surface area contributed by atoms with E-state index in [1.165, 1.54) is 0 Å². The lowest BCUT2D eigenvalue weighted by molar-refractivity contribution is 0.0916. The number of anilines is 1. The number of hydrogen-bond donors (Lipinski definition) is 2. The molecule has 0 spiro atoms. The zero-order chi connectivity index (χ0) is 13.0. The molecule has 0 radical (unpaired) electrons. The van der Waals surface area contributed by atoms with Gasteiger partial charge in [-0.15, -0.1) is 0 Å². The molecule has 0 saturated carbocycles. The maximum Gasteiger partial charge on any atom is 0.253 e. The van der Waals surface area contributed by atoms with Gasteiger partial charge in [-0.3, -0.25) is 4.79 Å². The van der Waals surface area contributed by atoms with E-state index in [1.807, 2.05) is 6.07 Å². The number of likely N-dealkylation sites (tertiary alicyclic amines) is 1. The first kappa shape index (κ1) is 12.8. The van der Waals surface area contributed by atoms with Crippen molar-refractivity contribution < 1.29 is 4.79 Å². The summed E-state index contributed by atoms with van der Waals surface area (Å²) >= 11 is 0. The van der Waals surface area contributed by atoms with Crippen molar-refractivity contribution in [2.75, 3.05) is 32.5 Å². The van der Waals surface area contributed by atoms with Crippen LogP contribution >= 0.6 is 0 Å². The Morgan fingerprint density at radius 2 is 2.11 bits per heavy atom. The molecule has 18 heavy (non-hydrogen) atoms. The number of nitrogens with zero attached hydrogens (tertiary/aromatic N) is 2. The quantitative estimate of drug-likeness (QED) is 0.836. The third-order valence-electron chi connectivity index (χ3n) is 3.34. The Labute approximate surface area is 108 Å². The van der Waals surface area contributed by atoms with E-state index in [-0.39, 0.29) is 11.9 Å². The van der Waals surface area contributed by atoms with Crippen LogP contribution in [0.3, 0.4) is 0 Å². The SMILES string of the molecule is CNc1ccc(C(=O)NC2CCN(C)CC2)cn1. The van der Waals surface area contributed by atoms with Gasteiger partial charge in [-0.1, -0.05) is 0 Å². The predicted molar refractivity (Wildman–Crippen MR) is 71.8 cm³/mol. The number of hydrogen-bond acceptors (Lipinski definition) is 4. The summed E-state index contributed by atoms with van der Waals surface area (Å²) in [6, 6.07) is 3.89. The summed E-state index contributed by atoms with van der Waals surface area (Å²) in [5.41, 5.74) is 0.618. The number of nitrogens with one attached hydrogen (secondary N) is 2. The number of rotatable bonds is 3. The van der Waals surface area contributed by atoms with Gasteiger partial charge in [0, 0.05) is 19.3 Å². The third kappa shape index (κ3) is 3.20. The predicted octanol–water partition coefficient (Wildman–Crippen LogP) is 0.947. The van der Waals surface area contributed by atoms with E-state index in [2.05, 4.69) is 27.6 Å². The molecule has 0 aliphatic carbocycles. The van der Waals surface area contributed by atoms with Gasteiger partial charge in [-0.05, 0) is 45.1 Å². The van der Waals surface area contributed by atoms with Crippen molar-refractivity contribution >= 4 is 11.7 Å². The minimum Gasteiger partial charge on any atom is -0.373 e. The molecular formula is C13H20N4O. The molecule has 2 heterocycles. The van der Waals surface area contributed by atoms with Crippen molar-refractivity contribution in [3.63, 3.8) is 0 Å². The second-order valence-corrected chi connectivity index (χ2v) is 4.73. The lowest BCUT2D eigenvalue weighted by Gasteiger charge is -2.29. The van der Waals surface area contributed by atoms with Crippen LogP contribution in [0.15, 0.2) is 18.3 Å². The molecule has 0 aromatic carbocycles. The highest BCUT2D eigenvalue weighted by Gasteiger charge is 2.19. The van der Waals surface area contributed by atoms with Crippen LogP contribution in [0.5, 0.6) is 0 Å². The van der Waals surface area contributed by atoms with Crippen LogP contribution in [0, 0.1) is 0 Å². The summed E-state index contributed by atoms with van der Waals surface area (Å²) in [5, 5.41) is 6.00. The number of piperidine rings is 1. The number of amides is 1. The van der Waals surface area contributed by atoms with Gasteiger partial charge in [-0.25, -0.2) is 4.98 Å². The molecule has 1 fully saturated rings. The highest BCUT2D eigenvalue weighted by atomic mass is 16.1. The van der Waals surface area contributed by atoms with E-state index in [1.54, 1.807) is 19.3 Å². The second-order valence-electron chi connectivity index (χ2n) is 4.73. The van der Waals surface area contributed by atoms with Crippen molar-refractivity contribution in [1.82, 2.24) is 15.2 Å². The summed E-state index contributed by atoms with van der Waals surface area (Å²) in [5.74, 6) is 0.741. The molecule has 1 amide bonds. The van der Waals surface area contributed by atoms with E-state index >= 15 is 0 Å². The second kappa shape index (κ2) is 5.82. The lowest BCUT2D eigenvalue weighted by Crippen LogP contribution is -2.43. The van der Waals surface area contributed by atoms with Crippen LogP contribution in [0.25, 0.3) is 0 Å². The van der Waals surface area contributed by atoms with Gasteiger partial charge in [0.2, 0.25) is 0 Å². The van der Waals surface area contributed by atoms with E-state index in [4.69, 9.17) is 0 Å². The van der Waals surface area contributed by atoms with Crippen LogP contribution in [0.1, 0.15) is 23.2 Å².